The molecule has 0 saturated heterocycles. The molecule has 10 heteroatoms. The van der Waals surface area contributed by atoms with Gasteiger partial charge >= 0.3 is 6.18 Å². The fourth-order valence-electron chi connectivity index (χ4n) is 3.60. The highest BCUT2D eigenvalue weighted by Gasteiger charge is 2.45. The lowest BCUT2D eigenvalue weighted by atomic mass is 9.75. The molecule has 0 saturated carbocycles. The summed E-state index contributed by atoms with van der Waals surface area (Å²) in [5, 5.41) is 2.75. The number of rotatable bonds is 3. The number of anilines is 1. The topological polar surface area (TPSA) is 81.4 Å². The minimum Gasteiger partial charge on any atom is -0.367 e. The van der Waals surface area contributed by atoms with Gasteiger partial charge in [-0.3, -0.25) is 9.59 Å². The van der Waals surface area contributed by atoms with Crippen LogP contribution in [-0.4, -0.2) is 17.9 Å². The number of benzene rings is 1. The number of thiophene rings is 1. The van der Waals surface area contributed by atoms with Gasteiger partial charge in [-0.15, -0.1) is 11.3 Å². The van der Waals surface area contributed by atoms with Crippen molar-refractivity contribution in [3.8, 4) is 0 Å². The zero-order chi connectivity index (χ0) is 22.6. The van der Waals surface area contributed by atoms with E-state index >= 15 is 0 Å². The van der Waals surface area contributed by atoms with Crippen molar-refractivity contribution >= 4 is 28.2 Å². The average molecular weight is 444 g/mol. The van der Waals surface area contributed by atoms with Crippen LogP contribution in [-0.2, 0) is 21.1 Å². The normalized spacial score (nSPS) is 20.5. The minimum atomic E-state index is -4.90. The zero-order valence-corrected chi connectivity index (χ0v) is 17.4. The largest absolute Gasteiger partial charge is 0.417 e. The van der Waals surface area contributed by atoms with E-state index in [0.717, 1.165) is 29.0 Å². The molecule has 2 amide bonds. The number of nitrogens with two attached hydrogens (primary N) is 1. The molecule has 5 nitrogen and oxygen atoms in total. The van der Waals surface area contributed by atoms with E-state index in [0.29, 0.717) is 10.4 Å². The summed E-state index contributed by atoms with van der Waals surface area (Å²) in [6, 6.07) is 1.86. The monoisotopic (exact) mass is 444 g/mol. The Bertz CT molecular complexity index is 1030. The van der Waals surface area contributed by atoms with E-state index in [1.807, 2.05) is 13.8 Å². The number of halogens is 4. The van der Waals surface area contributed by atoms with Gasteiger partial charge in [-0.05, 0) is 43.2 Å². The molecule has 0 aliphatic carbocycles. The first kappa shape index (κ1) is 22.2. The summed E-state index contributed by atoms with van der Waals surface area (Å²) in [6.45, 7) is 7.31. The van der Waals surface area contributed by atoms with E-state index in [4.69, 9.17) is 10.5 Å². The van der Waals surface area contributed by atoms with E-state index in [2.05, 4.69) is 5.32 Å². The molecule has 2 aromatic rings. The second kappa shape index (κ2) is 7.35. The predicted octanol–water partition coefficient (Wildman–Crippen LogP) is 4.69. The van der Waals surface area contributed by atoms with Crippen molar-refractivity contribution in [1.82, 2.24) is 0 Å². The summed E-state index contributed by atoms with van der Waals surface area (Å²) in [6.07, 6.45) is -6.29. The number of primary amides is 1. The number of alkyl halides is 3. The summed E-state index contributed by atoms with van der Waals surface area (Å²) in [5.74, 6) is -2.83. The summed E-state index contributed by atoms with van der Waals surface area (Å²) < 4.78 is 58.9. The van der Waals surface area contributed by atoms with Crippen molar-refractivity contribution in [3.63, 3.8) is 0 Å². The summed E-state index contributed by atoms with van der Waals surface area (Å²) in [5.41, 5.74) is 4.24. The van der Waals surface area contributed by atoms with Crippen LogP contribution in [0.5, 0.6) is 0 Å². The van der Waals surface area contributed by atoms with Gasteiger partial charge in [0.05, 0.1) is 22.2 Å². The van der Waals surface area contributed by atoms with Crippen molar-refractivity contribution in [1.29, 1.82) is 0 Å². The van der Waals surface area contributed by atoms with E-state index in [-0.39, 0.29) is 17.2 Å². The third kappa shape index (κ3) is 3.69. The Morgan fingerprint density at radius 2 is 1.90 bits per heavy atom. The van der Waals surface area contributed by atoms with E-state index in [1.54, 1.807) is 13.8 Å². The summed E-state index contributed by atoms with van der Waals surface area (Å²) in [4.78, 5) is 25.0. The van der Waals surface area contributed by atoms with Crippen LogP contribution in [0.1, 0.15) is 58.8 Å². The zero-order valence-electron chi connectivity index (χ0n) is 16.6. The first-order valence-corrected chi connectivity index (χ1v) is 9.83. The van der Waals surface area contributed by atoms with Crippen LogP contribution in [0, 0.1) is 12.7 Å². The van der Waals surface area contributed by atoms with Crippen LogP contribution in [0.15, 0.2) is 18.2 Å². The Hall–Kier alpha value is -2.46. The van der Waals surface area contributed by atoms with Crippen LogP contribution in [0.2, 0.25) is 0 Å². The molecule has 0 radical (unpaired) electrons. The van der Waals surface area contributed by atoms with Gasteiger partial charge in [0.2, 0.25) is 0 Å². The second-order valence-electron chi connectivity index (χ2n) is 7.72. The molecule has 3 N–H and O–H groups in total. The van der Waals surface area contributed by atoms with Gasteiger partial charge in [0.25, 0.3) is 11.8 Å². The number of hydrogen-bond acceptors (Lipinski definition) is 4. The smallest absolute Gasteiger partial charge is 0.367 e. The maximum atomic E-state index is 13.3. The molecule has 1 aliphatic rings. The van der Waals surface area contributed by atoms with Crippen LogP contribution in [0.25, 0.3) is 0 Å². The Labute approximate surface area is 174 Å². The summed E-state index contributed by atoms with van der Waals surface area (Å²) >= 11 is 1.03. The molecular weight excluding hydrogens is 424 g/mol. The van der Waals surface area contributed by atoms with Crippen LogP contribution in [0.3, 0.4) is 0 Å². The molecule has 0 fully saturated rings. The second-order valence-corrected chi connectivity index (χ2v) is 8.77. The van der Waals surface area contributed by atoms with Gasteiger partial charge in [-0.2, -0.15) is 13.2 Å². The van der Waals surface area contributed by atoms with Crippen LogP contribution < -0.4 is 11.1 Å². The van der Waals surface area contributed by atoms with Crippen molar-refractivity contribution < 1.29 is 31.9 Å². The molecule has 0 bridgehead atoms. The lowest BCUT2D eigenvalue weighted by Crippen LogP contribution is -2.43. The van der Waals surface area contributed by atoms with E-state index in [1.165, 1.54) is 0 Å². The molecular formula is C20H20F4N2O3S. The number of carbonyl (C=O) groups excluding carboxylic acids is 2. The van der Waals surface area contributed by atoms with Gasteiger partial charge in [0, 0.05) is 10.3 Å². The predicted molar refractivity (Wildman–Crippen MR) is 104 cm³/mol. The molecule has 30 heavy (non-hydrogen) atoms. The molecule has 3 rings (SSSR count). The molecule has 2 unspecified atom stereocenters. The first-order chi connectivity index (χ1) is 13.7. The van der Waals surface area contributed by atoms with Crippen molar-refractivity contribution in [2.45, 2.75) is 51.5 Å². The minimum absolute atomic E-state index is 0.277. The lowest BCUT2D eigenvalue weighted by Gasteiger charge is -2.40. The standard InChI is InChI=1S/C20H20F4N2O3S/c1-8-13-15(14(16(25)27)29-9(2)19(13,3)4)30-18(8)26-17(28)11-6-5-10(21)7-12(11)20(22,23)24/h5-7,9,14H,1-4H3,(H2,25,27)(H,26,28). The number of ether oxygens (including phenoxy) is 1. The van der Waals surface area contributed by atoms with Gasteiger partial charge in [-0.25, -0.2) is 4.39 Å². The molecule has 2 heterocycles. The highest BCUT2D eigenvalue weighted by Crippen LogP contribution is 2.50. The van der Waals surface area contributed by atoms with E-state index in [9.17, 15) is 27.2 Å². The maximum Gasteiger partial charge on any atom is 0.417 e. The van der Waals surface area contributed by atoms with Gasteiger partial charge < -0.3 is 15.8 Å². The highest BCUT2D eigenvalue weighted by molar-refractivity contribution is 7.16. The van der Waals surface area contributed by atoms with Gasteiger partial charge in [0.15, 0.2) is 6.10 Å². The molecule has 1 aromatic carbocycles. The molecule has 162 valence electrons. The van der Waals surface area contributed by atoms with Gasteiger partial charge in [-0.1, -0.05) is 13.8 Å². The van der Waals surface area contributed by atoms with Crippen LogP contribution >= 0.6 is 11.3 Å². The van der Waals surface area contributed by atoms with Crippen LogP contribution in [0.4, 0.5) is 22.6 Å². The van der Waals surface area contributed by atoms with Crippen molar-refractivity contribution in [3.05, 3.63) is 51.1 Å². The molecule has 1 aliphatic heterocycles. The lowest BCUT2D eigenvalue weighted by molar-refractivity contribution is -0.138. The van der Waals surface area contributed by atoms with Gasteiger partial charge in [0.1, 0.15) is 5.82 Å². The fourth-order valence-corrected chi connectivity index (χ4v) is 5.01. The molecule has 1 aromatic heterocycles. The Balaban J connectivity index is 2.05. The Kier molecular flexibility index (Phi) is 5.44. The third-order valence-corrected chi connectivity index (χ3v) is 6.68. The molecule has 0 spiro atoms. The van der Waals surface area contributed by atoms with E-state index < -0.39 is 46.5 Å². The molecule has 2 atom stereocenters. The Morgan fingerprint density at radius 3 is 2.47 bits per heavy atom. The number of hydrogen-bond donors (Lipinski definition) is 2. The van der Waals surface area contributed by atoms with Crippen molar-refractivity contribution in [2.75, 3.05) is 5.32 Å². The Morgan fingerprint density at radius 1 is 1.27 bits per heavy atom. The summed E-state index contributed by atoms with van der Waals surface area (Å²) in [7, 11) is 0. The van der Waals surface area contributed by atoms with Crippen molar-refractivity contribution in [2.24, 2.45) is 5.73 Å². The highest BCUT2D eigenvalue weighted by atomic mass is 32.1. The number of fused-ring (bicyclic) bond motifs is 1. The number of carbonyl (C=O) groups is 2. The number of nitrogens with one attached hydrogen (secondary N) is 1. The quantitative estimate of drug-likeness (QED) is 0.674. The third-order valence-electron chi connectivity index (χ3n) is 5.43. The average Bonchev–Trinajstić information content (AvgIpc) is 2.94. The SMILES string of the molecule is Cc1c(NC(=O)c2ccc(F)cc2C(F)(F)F)sc2c1C(C)(C)C(C)OC2C(N)=O. The fraction of sp³-hybridized carbons (Fsp3) is 0.400. The number of amides is 2. The first-order valence-electron chi connectivity index (χ1n) is 9.01. The maximum absolute atomic E-state index is 13.3.